The number of hydrogen-bond acceptors (Lipinski definition) is 5. The first kappa shape index (κ1) is 14.4. The van der Waals surface area contributed by atoms with Gasteiger partial charge in [-0.25, -0.2) is 0 Å². The van der Waals surface area contributed by atoms with Crippen LogP contribution in [0.3, 0.4) is 0 Å². The van der Waals surface area contributed by atoms with Crippen molar-refractivity contribution < 1.29 is 14.3 Å². The Morgan fingerprint density at radius 2 is 2.29 bits per heavy atom. The third kappa shape index (κ3) is 3.94. The lowest BCUT2D eigenvalue weighted by atomic mass is 10.0. The molecule has 2 unspecified atom stereocenters. The van der Waals surface area contributed by atoms with Crippen LogP contribution < -0.4 is 5.73 Å². The molecule has 2 atom stereocenters. The number of esters is 1. The van der Waals surface area contributed by atoms with E-state index in [1.54, 1.807) is 13.8 Å². The third-order valence-corrected chi connectivity index (χ3v) is 3.09. The number of carbonyl (C=O) groups excluding carboxylic acids is 1. The van der Waals surface area contributed by atoms with E-state index in [0.29, 0.717) is 25.8 Å². The van der Waals surface area contributed by atoms with Gasteiger partial charge in [0.15, 0.2) is 0 Å². The first-order valence-electron chi connectivity index (χ1n) is 6.29. The van der Waals surface area contributed by atoms with Crippen LogP contribution in [0.1, 0.15) is 27.2 Å². The number of nitrogens with zero attached hydrogens (tertiary/aromatic N) is 1. The number of ether oxygens (including phenoxy) is 2. The maximum atomic E-state index is 11.7. The molecular formula is C12H24N2O3. The molecule has 1 heterocycles. The van der Waals surface area contributed by atoms with Crippen LogP contribution in [0.2, 0.25) is 0 Å². The predicted molar refractivity (Wildman–Crippen MR) is 65.7 cm³/mol. The van der Waals surface area contributed by atoms with Crippen LogP contribution in [0.15, 0.2) is 0 Å². The van der Waals surface area contributed by atoms with Crippen LogP contribution >= 0.6 is 0 Å². The van der Waals surface area contributed by atoms with Gasteiger partial charge in [0, 0.05) is 19.1 Å². The molecule has 5 heteroatoms. The molecular weight excluding hydrogens is 220 g/mol. The van der Waals surface area contributed by atoms with Gasteiger partial charge in [-0.1, -0.05) is 6.92 Å². The van der Waals surface area contributed by atoms with E-state index >= 15 is 0 Å². The monoisotopic (exact) mass is 244 g/mol. The highest BCUT2D eigenvalue weighted by atomic mass is 16.5. The summed E-state index contributed by atoms with van der Waals surface area (Å²) in [5.74, 6) is -0.332. The summed E-state index contributed by atoms with van der Waals surface area (Å²) in [5.41, 5.74) is 5.09. The predicted octanol–water partition coefficient (Wildman–Crippen LogP) is 0.378. The van der Waals surface area contributed by atoms with Crippen molar-refractivity contribution in [3.8, 4) is 0 Å². The maximum absolute atomic E-state index is 11.7. The topological polar surface area (TPSA) is 64.8 Å². The normalized spacial score (nSPS) is 25.3. The van der Waals surface area contributed by atoms with E-state index in [0.717, 1.165) is 19.6 Å². The highest BCUT2D eigenvalue weighted by Gasteiger charge is 2.35. The molecule has 17 heavy (non-hydrogen) atoms. The molecule has 0 bridgehead atoms. The minimum atomic E-state index is -0.944. The Bertz CT molecular complexity index is 256. The molecule has 0 spiro atoms. The van der Waals surface area contributed by atoms with E-state index in [4.69, 9.17) is 15.2 Å². The summed E-state index contributed by atoms with van der Waals surface area (Å²) in [5, 5.41) is 0. The van der Waals surface area contributed by atoms with Gasteiger partial charge in [-0.15, -0.1) is 0 Å². The first-order valence-corrected chi connectivity index (χ1v) is 6.29. The van der Waals surface area contributed by atoms with Crippen molar-refractivity contribution in [2.24, 2.45) is 5.73 Å². The van der Waals surface area contributed by atoms with E-state index < -0.39 is 5.54 Å². The van der Waals surface area contributed by atoms with Gasteiger partial charge in [-0.3, -0.25) is 9.69 Å². The molecule has 1 saturated heterocycles. The van der Waals surface area contributed by atoms with Crippen molar-refractivity contribution in [2.75, 3.05) is 32.9 Å². The average Bonchev–Trinajstić information content (AvgIpc) is 2.29. The summed E-state index contributed by atoms with van der Waals surface area (Å²) in [4.78, 5) is 14.0. The molecule has 1 aliphatic heterocycles. The Hall–Kier alpha value is -0.650. The minimum Gasteiger partial charge on any atom is -0.465 e. The lowest BCUT2D eigenvalue weighted by Gasteiger charge is -2.38. The molecule has 0 amide bonds. The Kier molecular flexibility index (Phi) is 5.36. The highest BCUT2D eigenvalue weighted by molar-refractivity contribution is 5.80. The smallest absolute Gasteiger partial charge is 0.327 e. The van der Waals surface area contributed by atoms with E-state index in [1.807, 2.05) is 0 Å². The zero-order valence-electron chi connectivity index (χ0n) is 11.1. The average molecular weight is 244 g/mol. The fourth-order valence-corrected chi connectivity index (χ4v) is 2.06. The second kappa shape index (κ2) is 6.33. The summed E-state index contributed by atoms with van der Waals surface area (Å²) in [6.45, 7) is 8.77. The van der Waals surface area contributed by atoms with Gasteiger partial charge in [-0.05, 0) is 20.3 Å². The molecule has 0 saturated carbocycles. The second-order valence-electron chi connectivity index (χ2n) is 4.75. The van der Waals surface area contributed by atoms with Gasteiger partial charge < -0.3 is 15.2 Å². The maximum Gasteiger partial charge on any atom is 0.327 e. The first-order chi connectivity index (χ1) is 8.01. The zero-order valence-corrected chi connectivity index (χ0v) is 11.1. The van der Waals surface area contributed by atoms with Crippen LogP contribution in [0.5, 0.6) is 0 Å². The van der Waals surface area contributed by atoms with Crippen molar-refractivity contribution in [1.29, 1.82) is 0 Å². The third-order valence-electron chi connectivity index (χ3n) is 3.09. The Morgan fingerprint density at radius 3 is 2.88 bits per heavy atom. The summed E-state index contributed by atoms with van der Waals surface area (Å²) in [7, 11) is 0. The highest BCUT2D eigenvalue weighted by Crippen LogP contribution is 2.14. The molecule has 0 aromatic heterocycles. The lowest BCUT2D eigenvalue weighted by Crippen LogP contribution is -2.58. The number of morpholine rings is 1. The standard InChI is InChI=1S/C12H24N2O3/c1-4-10-8-16-7-6-14(10)9-12(3,13)11(15)17-5-2/h10H,4-9,13H2,1-3H3. The Morgan fingerprint density at radius 1 is 1.59 bits per heavy atom. The number of nitrogens with two attached hydrogens (primary N) is 1. The minimum absolute atomic E-state index is 0.332. The summed E-state index contributed by atoms with van der Waals surface area (Å²) in [6, 6.07) is 0.348. The molecule has 2 N–H and O–H groups in total. The second-order valence-corrected chi connectivity index (χ2v) is 4.75. The fourth-order valence-electron chi connectivity index (χ4n) is 2.06. The van der Waals surface area contributed by atoms with Crippen LogP contribution in [-0.4, -0.2) is 55.4 Å². The molecule has 0 radical (unpaired) electrons. The largest absolute Gasteiger partial charge is 0.465 e. The van der Waals surface area contributed by atoms with E-state index in [-0.39, 0.29) is 5.97 Å². The van der Waals surface area contributed by atoms with Gasteiger partial charge in [0.25, 0.3) is 0 Å². The molecule has 5 nitrogen and oxygen atoms in total. The number of rotatable bonds is 5. The van der Waals surface area contributed by atoms with Crippen molar-refractivity contribution in [1.82, 2.24) is 4.90 Å². The Labute approximate surface area is 103 Å². The van der Waals surface area contributed by atoms with Gasteiger partial charge in [0.05, 0.1) is 19.8 Å². The molecule has 1 aliphatic rings. The quantitative estimate of drug-likeness (QED) is 0.708. The Balaban J connectivity index is 2.58. The number of hydrogen-bond donors (Lipinski definition) is 1. The summed E-state index contributed by atoms with van der Waals surface area (Å²) >= 11 is 0. The van der Waals surface area contributed by atoms with Gasteiger partial charge in [0.1, 0.15) is 5.54 Å². The van der Waals surface area contributed by atoms with Gasteiger partial charge in [-0.2, -0.15) is 0 Å². The van der Waals surface area contributed by atoms with E-state index in [2.05, 4.69) is 11.8 Å². The van der Waals surface area contributed by atoms with E-state index in [9.17, 15) is 4.79 Å². The molecule has 0 aromatic carbocycles. The molecule has 100 valence electrons. The summed E-state index contributed by atoms with van der Waals surface area (Å²) < 4.78 is 10.4. The fraction of sp³-hybridized carbons (Fsp3) is 0.917. The van der Waals surface area contributed by atoms with E-state index in [1.165, 1.54) is 0 Å². The molecule has 1 fully saturated rings. The van der Waals surface area contributed by atoms with Crippen molar-refractivity contribution in [3.63, 3.8) is 0 Å². The van der Waals surface area contributed by atoms with Gasteiger partial charge in [0.2, 0.25) is 0 Å². The molecule has 1 rings (SSSR count). The van der Waals surface area contributed by atoms with Crippen LogP contribution in [-0.2, 0) is 14.3 Å². The summed E-state index contributed by atoms with van der Waals surface area (Å²) in [6.07, 6.45) is 0.999. The molecule has 0 aromatic rings. The van der Waals surface area contributed by atoms with Crippen LogP contribution in [0.4, 0.5) is 0 Å². The molecule has 0 aliphatic carbocycles. The van der Waals surface area contributed by atoms with Crippen molar-refractivity contribution >= 4 is 5.97 Å². The lowest BCUT2D eigenvalue weighted by molar-refractivity contribution is -0.150. The SMILES string of the molecule is CCOC(=O)C(C)(N)CN1CCOCC1CC. The van der Waals surface area contributed by atoms with Crippen LogP contribution in [0, 0.1) is 0 Å². The van der Waals surface area contributed by atoms with Crippen molar-refractivity contribution in [2.45, 2.75) is 38.8 Å². The zero-order chi connectivity index (χ0) is 12.9. The van der Waals surface area contributed by atoms with Gasteiger partial charge >= 0.3 is 5.97 Å². The number of carbonyl (C=O) groups is 1. The van der Waals surface area contributed by atoms with Crippen molar-refractivity contribution in [3.05, 3.63) is 0 Å². The van der Waals surface area contributed by atoms with Crippen LogP contribution in [0.25, 0.3) is 0 Å².